The van der Waals surface area contributed by atoms with Gasteiger partial charge in [0.15, 0.2) is 0 Å². The fraction of sp³-hybridized carbons (Fsp3) is 0.182. The lowest BCUT2D eigenvalue weighted by molar-refractivity contribution is 0.385. The van der Waals surface area contributed by atoms with E-state index in [0.717, 1.165) is 0 Å². The molecule has 1 heterocycles. The van der Waals surface area contributed by atoms with Crippen molar-refractivity contribution in [1.82, 2.24) is 5.16 Å². The number of nitrogens with zero attached hydrogens (tertiary/aromatic N) is 1. The van der Waals surface area contributed by atoms with Crippen LogP contribution in [0.1, 0.15) is 5.76 Å². The number of hydrogen-bond acceptors (Lipinski definition) is 3. The van der Waals surface area contributed by atoms with Gasteiger partial charge < -0.3 is 10.3 Å². The van der Waals surface area contributed by atoms with Crippen molar-refractivity contribution < 1.29 is 8.91 Å². The van der Waals surface area contributed by atoms with Crippen molar-refractivity contribution in [2.24, 2.45) is 5.73 Å². The van der Waals surface area contributed by atoms with Gasteiger partial charge in [-0.15, -0.1) is 0 Å². The zero-order chi connectivity index (χ0) is 10.7. The molecule has 4 heteroatoms. The minimum absolute atomic E-state index is 0.279. The molecular formula is C11H11FN2O. The molecule has 0 bridgehead atoms. The van der Waals surface area contributed by atoms with Crippen LogP contribution in [0, 0.1) is 5.82 Å². The third-order valence-electron chi connectivity index (χ3n) is 2.18. The van der Waals surface area contributed by atoms with Crippen molar-refractivity contribution in [3.8, 4) is 11.1 Å². The molecule has 0 spiro atoms. The van der Waals surface area contributed by atoms with Crippen LogP contribution < -0.4 is 5.73 Å². The molecule has 0 amide bonds. The maximum atomic E-state index is 13.5. The zero-order valence-electron chi connectivity index (χ0n) is 8.11. The summed E-state index contributed by atoms with van der Waals surface area (Å²) in [5.41, 5.74) is 6.60. The molecule has 1 aromatic heterocycles. The van der Waals surface area contributed by atoms with E-state index in [1.807, 2.05) is 0 Å². The lowest BCUT2D eigenvalue weighted by atomic mass is 10.1. The minimum Gasteiger partial charge on any atom is -0.361 e. The topological polar surface area (TPSA) is 52.0 Å². The first-order valence-electron chi connectivity index (χ1n) is 4.71. The zero-order valence-corrected chi connectivity index (χ0v) is 8.11. The van der Waals surface area contributed by atoms with E-state index >= 15 is 0 Å². The van der Waals surface area contributed by atoms with E-state index in [1.165, 1.54) is 12.3 Å². The average Bonchev–Trinajstić information content (AvgIpc) is 2.67. The van der Waals surface area contributed by atoms with Crippen molar-refractivity contribution in [2.75, 3.05) is 6.54 Å². The van der Waals surface area contributed by atoms with Crippen LogP contribution in [0.4, 0.5) is 4.39 Å². The van der Waals surface area contributed by atoms with Gasteiger partial charge in [0.05, 0.1) is 6.20 Å². The van der Waals surface area contributed by atoms with E-state index < -0.39 is 0 Å². The Morgan fingerprint density at radius 2 is 2.07 bits per heavy atom. The van der Waals surface area contributed by atoms with Gasteiger partial charge in [0, 0.05) is 17.5 Å². The molecule has 3 nitrogen and oxygen atoms in total. The van der Waals surface area contributed by atoms with Crippen molar-refractivity contribution in [1.29, 1.82) is 0 Å². The highest BCUT2D eigenvalue weighted by atomic mass is 19.1. The number of nitrogens with two attached hydrogens (primary N) is 1. The van der Waals surface area contributed by atoms with Gasteiger partial charge in [-0.25, -0.2) is 4.39 Å². The van der Waals surface area contributed by atoms with Gasteiger partial charge in [-0.1, -0.05) is 23.4 Å². The van der Waals surface area contributed by atoms with Crippen LogP contribution in [-0.4, -0.2) is 11.7 Å². The van der Waals surface area contributed by atoms with Gasteiger partial charge in [0.2, 0.25) is 0 Å². The molecule has 2 aromatic rings. The number of aromatic nitrogens is 1. The Kier molecular flexibility index (Phi) is 2.78. The van der Waals surface area contributed by atoms with Crippen LogP contribution >= 0.6 is 0 Å². The molecule has 0 aliphatic carbocycles. The molecule has 1 aromatic carbocycles. The Bertz CT molecular complexity index is 453. The van der Waals surface area contributed by atoms with Gasteiger partial charge in [-0.05, 0) is 12.6 Å². The molecule has 0 unspecified atom stereocenters. The first-order valence-corrected chi connectivity index (χ1v) is 4.71. The fourth-order valence-corrected chi connectivity index (χ4v) is 1.47. The van der Waals surface area contributed by atoms with E-state index in [2.05, 4.69) is 5.16 Å². The van der Waals surface area contributed by atoms with E-state index in [0.29, 0.717) is 29.9 Å². The SMILES string of the molecule is NCCc1oncc1-c1ccccc1F. The Morgan fingerprint density at radius 3 is 2.80 bits per heavy atom. The smallest absolute Gasteiger partial charge is 0.145 e. The molecule has 78 valence electrons. The highest BCUT2D eigenvalue weighted by Gasteiger charge is 2.12. The van der Waals surface area contributed by atoms with E-state index in [-0.39, 0.29) is 5.82 Å². The van der Waals surface area contributed by atoms with Gasteiger partial charge in [0.25, 0.3) is 0 Å². The fourth-order valence-electron chi connectivity index (χ4n) is 1.47. The van der Waals surface area contributed by atoms with E-state index in [4.69, 9.17) is 10.3 Å². The largest absolute Gasteiger partial charge is 0.361 e. The van der Waals surface area contributed by atoms with Crippen molar-refractivity contribution >= 4 is 0 Å². The Morgan fingerprint density at radius 1 is 1.27 bits per heavy atom. The quantitative estimate of drug-likeness (QED) is 0.835. The first-order chi connectivity index (χ1) is 7.33. The van der Waals surface area contributed by atoms with Crippen molar-refractivity contribution in [2.45, 2.75) is 6.42 Å². The van der Waals surface area contributed by atoms with Crippen LogP contribution in [-0.2, 0) is 6.42 Å². The molecule has 2 N–H and O–H groups in total. The Labute approximate surface area is 86.7 Å². The normalized spacial score (nSPS) is 10.5. The standard InChI is InChI=1S/C11H11FN2O/c12-10-4-2-1-3-8(10)9-7-14-15-11(9)5-6-13/h1-4,7H,5-6,13H2. The highest BCUT2D eigenvalue weighted by Crippen LogP contribution is 2.25. The van der Waals surface area contributed by atoms with E-state index in [1.54, 1.807) is 18.2 Å². The molecule has 15 heavy (non-hydrogen) atoms. The third-order valence-corrected chi connectivity index (χ3v) is 2.18. The molecule has 0 saturated carbocycles. The molecule has 0 fully saturated rings. The third kappa shape index (κ3) is 1.89. The van der Waals surface area contributed by atoms with Gasteiger partial charge in [0.1, 0.15) is 11.6 Å². The summed E-state index contributed by atoms with van der Waals surface area (Å²) < 4.78 is 18.5. The summed E-state index contributed by atoms with van der Waals surface area (Å²) in [5, 5.41) is 3.66. The summed E-state index contributed by atoms with van der Waals surface area (Å²) in [7, 11) is 0. The second kappa shape index (κ2) is 4.23. The minimum atomic E-state index is -0.279. The van der Waals surface area contributed by atoms with Crippen LogP contribution in [0.15, 0.2) is 35.0 Å². The second-order valence-corrected chi connectivity index (χ2v) is 3.18. The summed E-state index contributed by atoms with van der Waals surface area (Å²) in [5.74, 6) is 0.349. The highest BCUT2D eigenvalue weighted by molar-refractivity contribution is 5.65. The monoisotopic (exact) mass is 206 g/mol. The summed E-state index contributed by atoms with van der Waals surface area (Å²) in [6, 6.07) is 6.53. The molecule has 2 rings (SSSR count). The van der Waals surface area contributed by atoms with E-state index in [9.17, 15) is 4.39 Å². The molecule has 0 atom stereocenters. The van der Waals surface area contributed by atoms with Crippen LogP contribution in [0.25, 0.3) is 11.1 Å². The van der Waals surface area contributed by atoms with Crippen LogP contribution in [0.5, 0.6) is 0 Å². The Hall–Kier alpha value is -1.68. The summed E-state index contributed by atoms with van der Waals surface area (Å²) >= 11 is 0. The predicted octanol–water partition coefficient (Wildman–Crippen LogP) is 1.98. The number of halogens is 1. The maximum Gasteiger partial charge on any atom is 0.145 e. The summed E-state index contributed by atoms with van der Waals surface area (Å²) in [6.07, 6.45) is 2.08. The molecule has 0 saturated heterocycles. The summed E-state index contributed by atoms with van der Waals surface area (Å²) in [4.78, 5) is 0. The predicted molar refractivity (Wildman–Crippen MR) is 54.7 cm³/mol. The number of hydrogen-bond donors (Lipinski definition) is 1. The molecule has 0 aliphatic heterocycles. The van der Waals surface area contributed by atoms with Crippen molar-refractivity contribution in [3.05, 3.63) is 42.0 Å². The lowest BCUT2D eigenvalue weighted by Gasteiger charge is -2.01. The van der Waals surface area contributed by atoms with Crippen LogP contribution in [0.2, 0.25) is 0 Å². The molecule has 0 aliphatic rings. The molecule has 0 radical (unpaired) electrons. The maximum absolute atomic E-state index is 13.5. The van der Waals surface area contributed by atoms with Crippen molar-refractivity contribution in [3.63, 3.8) is 0 Å². The van der Waals surface area contributed by atoms with Crippen LogP contribution in [0.3, 0.4) is 0 Å². The number of rotatable bonds is 3. The van der Waals surface area contributed by atoms with Gasteiger partial charge in [-0.2, -0.15) is 0 Å². The van der Waals surface area contributed by atoms with Gasteiger partial charge >= 0.3 is 0 Å². The number of benzene rings is 1. The first kappa shape index (κ1) is 9.86. The second-order valence-electron chi connectivity index (χ2n) is 3.18. The lowest BCUT2D eigenvalue weighted by Crippen LogP contribution is -2.02. The van der Waals surface area contributed by atoms with Gasteiger partial charge in [-0.3, -0.25) is 0 Å². The Balaban J connectivity index is 2.45. The average molecular weight is 206 g/mol. The molecular weight excluding hydrogens is 195 g/mol. The summed E-state index contributed by atoms with van der Waals surface area (Å²) in [6.45, 7) is 0.455.